The Hall–Kier alpha value is -2.18. The average Bonchev–Trinajstić information content (AvgIpc) is 3.07. The summed E-state index contributed by atoms with van der Waals surface area (Å²) < 4.78 is 10.2. The third-order valence-corrected chi connectivity index (χ3v) is 3.44. The van der Waals surface area contributed by atoms with Gasteiger partial charge in [0.1, 0.15) is 11.8 Å². The van der Waals surface area contributed by atoms with E-state index in [1.807, 2.05) is 0 Å². The summed E-state index contributed by atoms with van der Waals surface area (Å²) in [4.78, 5) is 18.5. The molecule has 1 amide bonds. The van der Waals surface area contributed by atoms with Gasteiger partial charge in [-0.2, -0.15) is 4.98 Å². The highest BCUT2D eigenvalue weighted by Gasteiger charge is 2.33. The number of rotatable bonds is 2. The quantitative estimate of drug-likeness (QED) is 0.834. The SMILES string of the molecule is Cc1noc(C2CCCCN2C(=O)c2cc(C)on2)n1. The Balaban J connectivity index is 1.87. The maximum Gasteiger partial charge on any atom is 0.276 e. The summed E-state index contributed by atoms with van der Waals surface area (Å²) in [5.74, 6) is 1.55. The van der Waals surface area contributed by atoms with Crippen LogP contribution in [0.2, 0.25) is 0 Å². The fraction of sp³-hybridized carbons (Fsp3) is 0.538. The van der Waals surface area contributed by atoms with E-state index in [2.05, 4.69) is 15.3 Å². The van der Waals surface area contributed by atoms with Crippen molar-refractivity contribution in [2.24, 2.45) is 0 Å². The summed E-state index contributed by atoms with van der Waals surface area (Å²) in [6.45, 7) is 4.19. The lowest BCUT2D eigenvalue weighted by Gasteiger charge is -2.32. The topological polar surface area (TPSA) is 85.3 Å². The second kappa shape index (κ2) is 5.07. The van der Waals surface area contributed by atoms with Crippen LogP contribution in [0.5, 0.6) is 0 Å². The average molecular weight is 276 g/mol. The van der Waals surface area contributed by atoms with Gasteiger partial charge in [0, 0.05) is 12.6 Å². The van der Waals surface area contributed by atoms with Crippen LogP contribution in [0.15, 0.2) is 15.1 Å². The van der Waals surface area contributed by atoms with Gasteiger partial charge >= 0.3 is 0 Å². The molecule has 0 N–H and O–H groups in total. The summed E-state index contributed by atoms with van der Waals surface area (Å²) in [7, 11) is 0. The molecule has 7 heteroatoms. The number of likely N-dealkylation sites (tertiary alicyclic amines) is 1. The normalized spacial score (nSPS) is 19.3. The molecule has 0 aromatic carbocycles. The molecule has 106 valence electrons. The van der Waals surface area contributed by atoms with Gasteiger partial charge in [-0.25, -0.2) is 0 Å². The molecule has 0 radical (unpaired) electrons. The summed E-state index contributed by atoms with van der Waals surface area (Å²) in [6, 6.07) is 1.47. The van der Waals surface area contributed by atoms with Gasteiger partial charge < -0.3 is 13.9 Å². The molecule has 0 aliphatic carbocycles. The van der Waals surface area contributed by atoms with Gasteiger partial charge in [-0.05, 0) is 33.1 Å². The minimum Gasteiger partial charge on any atom is -0.361 e. The van der Waals surface area contributed by atoms with Crippen LogP contribution < -0.4 is 0 Å². The highest BCUT2D eigenvalue weighted by atomic mass is 16.5. The number of carbonyl (C=O) groups is 1. The van der Waals surface area contributed by atoms with E-state index in [1.54, 1.807) is 24.8 Å². The van der Waals surface area contributed by atoms with Gasteiger partial charge in [0.05, 0.1) is 0 Å². The molecule has 0 bridgehead atoms. The second-order valence-electron chi connectivity index (χ2n) is 5.01. The van der Waals surface area contributed by atoms with Crippen LogP contribution >= 0.6 is 0 Å². The number of piperidine rings is 1. The molecule has 20 heavy (non-hydrogen) atoms. The lowest BCUT2D eigenvalue weighted by atomic mass is 10.0. The van der Waals surface area contributed by atoms with E-state index < -0.39 is 0 Å². The maximum atomic E-state index is 12.5. The van der Waals surface area contributed by atoms with Gasteiger partial charge in [-0.3, -0.25) is 4.79 Å². The molecule has 0 spiro atoms. The van der Waals surface area contributed by atoms with Crippen LogP contribution in [-0.4, -0.2) is 32.6 Å². The largest absolute Gasteiger partial charge is 0.361 e. The molecule has 0 saturated carbocycles. The zero-order valence-corrected chi connectivity index (χ0v) is 11.5. The molecule has 2 aromatic heterocycles. The molecule has 1 aliphatic rings. The first-order valence-corrected chi connectivity index (χ1v) is 6.69. The van der Waals surface area contributed by atoms with Crippen molar-refractivity contribution in [1.29, 1.82) is 0 Å². The molecule has 2 aromatic rings. The summed E-state index contributed by atoms with van der Waals surface area (Å²) >= 11 is 0. The first-order valence-electron chi connectivity index (χ1n) is 6.69. The number of carbonyl (C=O) groups excluding carboxylic acids is 1. The molecule has 1 fully saturated rings. The summed E-state index contributed by atoms with van der Waals surface area (Å²) in [5, 5.41) is 7.60. The van der Waals surface area contributed by atoms with E-state index in [9.17, 15) is 4.79 Å². The van der Waals surface area contributed by atoms with E-state index in [0.29, 0.717) is 29.7 Å². The summed E-state index contributed by atoms with van der Waals surface area (Å²) in [6.07, 6.45) is 2.82. The zero-order valence-electron chi connectivity index (χ0n) is 11.5. The Morgan fingerprint density at radius 2 is 2.15 bits per heavy atom. The molecule has 1 unspecified atom stereocenters. The Morgan fingerprint density at radius 1 is 1.30 bits per heavy atom. The van der Waals surface area contributed by atoms with Crippen molar-refractivity contribution in [2.75, 3.05) is 6.54 Å². The monoisotopic (exact) mass is 276 g/mol. The van der Waals surface area contributed by atoms with Gasteiger partial charge in [0.25, 0.3) is 5.91 Å². The van der Waals surface area contributed by atoms with E-state index in [0.717, 1.165) is 19.3 Å². The van der Waals surface area contributed by atoms with Crippen molar-refractivity contribution in [3.05, 3.63) is 29.2 Å². The number of hydrogen-bond donors (Lipinski definition) is 0. The van der Waals surface area contributed by atoms with Crippen molar-refractivity contribution < 1.29 is 13.8 Å². The molecule has 1 atom stereocenters. The Morgan fingerprint density at radius 3 is 2.80 bits per heavy atom. The van der Waals surface area contributed by atoms with Crippen molar-refractivity contribution >= 4 is 5.91 Å². The molecule has 3 heterocycles. The van der Waals surface area contributed by atoms with Crippen LogP contribution in [0.4, 0.5) is 0 Å². The molecule has 1 aliphatic heterocycles. The smallest absolute Gasteiger partial charge is 0.276 e. The highest BCUT2D eigenvalue weighted by molar-refractivity contribution is 5.92. The lowest BCUT2D eigenvalue weighted by molar-refractivity contribution is 0.0551. The van der Waals surface area contributed by atoms with E-state index in [-0.39, 0.29) is 11.9 Å². The number of hydrogen-bond acceptors (Lipinski definition) is 6. The Kier molecular flexibility index (Phi) is 3.25. The third-order valence-electron chi connectivity index (χ3n) is 3.44. The molecular weight excluding hydrogens is 260 g/mol. The maximum absolute atomic E-state index is 12.5. The predicted molar refractivity (Wildman–Crippen MR) is 67.9 cm³/mol. The number of aryl methyl sites for hydroxylation is 2. The summed E-state index contributed by atoms with van der Waals surface area (Å²) in [5.41, 5.74) is 0.325. The fourth-order valence-corrected chi connectivity index (χ4v) is 2.49. The Bertz CT molecular complexity index is 619. The van der Waals surface area contributed by atoms with Gasteiger partial charge in [-0.1, -0.05) is 10.3 Å². The van der Waals surface area contributed by atoms with Crippen molar-refractivity contribution in [2.45, 2.75) is 39.2 Å². The van der Waals surface area contributed by atoms with Crippen LogP contribution in [-0.2, 0) is 0 Å². The standard InChI is InChI=1S/C13H16N4O3/c1-8-7-10(16-19-8)13(18)17-6-4-3-5-11(17)12-14-9(2)15-20-12/h7,11H,3-6H2,1-2H3. The third kappa shape index (κ3) is 2.31. The first-order chi connectivity index (χ1) is 9.65. The minimum atomic E-state index is -0.172. The predicted octanol–water partition coefficient (Wildman–Crippen LogP) is 2.04. The lowest BCUT2D eigenvalue weighted by Crippen LogP contribution is -2.38. The van der Waals surface area contributed by atoms with E-state index in [4.69, 9.17) is 9.05 Å². The molecule has 7 nitrogen and oxygen atoms in total. The number of aromatic nitrogens is 3. The second-order valence-corrected chi connectivity index (χ2v) is 5.01. The van der Waals surface area contributed by atoms with E-state index in [1.165, 1.54) is 0 Å². The van der Waals surface area contributed by atoms with Crippen LogP contribution in [0, 0.1) is 13.8 Å². The molecule has 1 saturated heterocycles. The highest BCUT2D eigenvalue weighted by Crippen LogP contribution is 2.31. The van der Waals surface area contributed by atoms with Crippen LogP contribution in [0.1, 0.15) is 53.3 Å². The van der Waals surface area contributed by atoms with Gasteiger partial charge in [0.2, 0.25) is 5.89 Å². The fourth-order valence-electron chi connectivity index (χ4n) is 2.49. The number of amides is 1. The Labute approximate surface area is 115 Å². The minimum absolute atomic E-state index is 0.151. The number of nitrogens with zero attached hydrogens (tertiary/aromatic N) is 4. The van der Waals surface area contributed by atoms with Crippen molar-refractivity contribution in [3.63, 3.8) is 0 Å². The molecule has 3 rings (SSSR count). The van der Waals surface area contributed by atoms with Crippen molar-refractivity contribution in [3.8, 4) is 0 Å². The van der Waals surface area contributed by atoms with Gasteiger partial charge in [0.15, 0.2) is 11.5 Å². The molecular formula is C13H16N4O3. The van der Waals surface area contributed by atoms with Gasteiger partial charge in [-0.15, -0.1) is 0 Å². The zero-order chi connectivity index (χ0) is 14.1. The van der Waals surface area contributed by atoms with Crippen LogP contribution in [0.3, 0.4) is 0 Å². The first kappa shape index (κ1) is 12.8. The van der Waals surface area contributed by atoms with Crippen LogP contribution in [0.25, 0.3) is 0 Å². The van der Waals surface area contributed by atoms with E-state index >= 15 is 0 Å². The van der Waals surface area contributed by atoms with Crippen molar-refractivity contribution in [1.82, 2.24) is 20.2 Å².